The Morgan fingerprint density at radius 3 is 2.33 bits per heavy atom. The highest BCUT2D eigenvalue weighted by Crippen LogP contribution is 2.31. The van der Waals surface area contributed by atoms with Crippen LogP contribution in [0, 0.1) is 27.7 Å². The Balaban J connectivity index is 2.41. The maximum atomic E-state index is 4.84. The van der Waals surface area contributed by atoms with Crippen LogP contribution < -0.4 is 4.57 Å². The van der Waals surface area contributed by atoms with Crippen molar-refractivity contribution in [1.82, 2.24) is 4.98 Å². The lowest BCUT2D eigenvalue weighted by Gasteiger charge is -2.14. The second-order valence-corrected chi connectivity index (χ2v) is 7.25. The van der Waals surface area contributed by atoms with Gasteiger partial charge in [0, 0.05) is 12.5 Å². The van der Waals surface area contributed by atoms with Gasteiger partial charge in [-0.25, -0.2) is 4.57 Å². The number of rotatable bonds is 2. The van der Waals surface area contributed by atoms with Crippen molar-refractivity contribution in [1.29, 1.82) is 0 Å². The first-order valence-electron chi connectivity index (χ1n) is 8.68. The van der Waals surface area contributed by atoms with Gasteiger partial charge in [0.2, 0.25) is 0 Å². The summed E-state index contributed by atoms with van der Waals surface area (Å²) in [5.41, 5.74) is 8.98. The normalized spacial score (nSPS) is 11.5. The summed E-state index contributed by atoms with van der Waals surface area (Å²) >= 11 is 0. The third-order valence-corrected chi connectivity index (χ3v) is 5.11. The van der Waals surface area contributed by atoms with E-state index >= 15 is 0 Å². The molecule has 0 aliphatic rings. The maximum absolute atomic E-state index is 4.84. The molecular formula is C22H27N2+. The SMILES string of the molecule is Cc1cc(C)c(C)c(-c2c3ccc(C(C)C)cc3nc(C)[n+]2C)c1. The number of fused-ring (bicyclic) bond motifs is 1. The van der Waals surface area contributed by atoms with Crippen molar-refractivity contribution in [2.45, 2.75) is 47.5 Å². The lowest BCUT2D eigenvalue weighted by molar-refractivity contribution is -0.668. The summed E-state index contributed by atoms with van der Waals surface area (Å²) in [6.07, 6.45) is 0. The zero-order valence-corrected chi connectivity index (χ0v) is 15.9. The first kappa shape index (κ1) is 16.6. The number of benzene rings is 2. The first-order valence-corrected chi connectivity index (χ1v) is 8.68. The molecule has 3 aromatic rings. The Kier molecular flexibility index (Phi) is 4.16. The number of aromatic nitrogens is 2. The highest BCUT2D eigenvalue weighted by Gasteiger charge is 2.21. The molecule has 0 radical (unpaired) electrons. The van der Waals surface area contributed by atoms with Crippen LogP contribution in [0.2, 0.25) is 0 Å². The molecule has 0 bridgehead atoms. The molecule has 124 valence electrons. The molecule has 1 heterocycles. The summed E-state index contributed by atoms with van der Waals surface area (Å²) in [5, 5.41) is 1.22. The number of aryl methyl sites for hydroxylation is 3. The van der Waals surface area contributed by atoms with Crippen LogP contribution in [0.3, 0.4) is 0 Å². The van der Waals surface area contributed by atoms with Crippen LogP contribution >= 0.6 is 0 Å². The second-order valence-electron chi connectivity index (χ2n) is 7.25. The Bertz CT molecular complexity index is 937. The lowest BCUT2D eigenvalue weighted by Crippen LogP contribution is -2.36. The number of nitrogens with zero attached hydrogens (tertiary/aromatic N) is 2. The van der Waals surface area contributed by atoms with Crippen molar-refractivity contribution in [3.63, 3.8) is 0 Å². The van der Waals surface area contributed by atoms with E-state index in [0.29, 0.717) is 5.92 Å². The van der Waals surface area contributed by atoms with Crippen molar-refractivity contribution in [2.75, 3.05) is 0 Å². The fourth-order valence-corrected chi connectivity index (χ4v) is 3.40. The van der Waals surface area contributed by atoms with E-state index in [1.807, 2.05) is 0 Å². The Labute approximate surface area is 145 Å². The maximum Gasteiger partial charge on any atom is 0.296 e. The minimum Gasteiger partial charge on any atom is -0.230 e. The standard InChI is InChI=1S/C22H27N2/c1-13(2)18-8-9-19-21(12-18)23-17(6)24(7)22(19)20-11-14(3)10-15(4)16(20)5/h8-13H,1-7H3/q+1. The molecule has 0 aliphatic heterocycles. The molecule has 0 atom stereocenters. The molecule has 2 nitrogen and oxygen atoms in total. The van der Waals surface area contributed by atoms with Crippen molar-refractivity contribution in [3.05, 3.63) is 58.4 Å². The van der Waals surface area contributed by atoms with E-state index in [4.69, 9.17) is 4.98 Å². The molecule has 0 unspecified atom stereocenters. The van der Waals surface area contributed by atoms with Gasteiger partial charge in [-0.3, -0.25) is 0 Å². The van der Waals surface area contributed by atoms with Crippen molar-refractivity contribution in [2.24, 2.45) is 7.05 Å². The monoisotopic (exact) mass is 319 g/mol. The van der Waals surface area contributed by atoms with Gasteiger partial charge in [-0.05, 0) is 66.6 Å². The van der Waals surface area contributed by atoms with Gasteiger partial charge >= 0.3 is 0 Å². The molecule has 2 aromatic carbocycles. The van der Waals surface area contributed by atoms with E-state index in [1.165, 1.54) is 38.9 Å². The van der Waals surface area contributed by atoms with Gasteiger partial charge < -0.3 is 0 Å². The molecular weight excluding hydrogens is 292 g/mol. The van der Waals surface area contributed by atoms with Gasteiger partial charge in [0.1, 0.15) is 5.69 Å². The summed E-state index contributed by atoms with van der Waals surface area (Å²) in [5.74, 6) is 1.55. The zero-order chi connectivity index (χ0) is 17.6. The Morgan fingerprint density at radius 2 is 1.67 bits per heavy atom. The zero-order valence-electron chi connectivity index (χ0n) is 15.9. The first-order chi connectivity index (χ1) is 11.3. The molecule has 0 spiro atoms. The van der Waals surface area contributed by atoms with Gasteiger partial charge in [-0.2, -0.15) is 0 Å². The summed E-state index contributed by atoms with van der Waals surface area (Å²) in [6.45, 7) is 13.1. The molecule has 3 rings (SSSR count). The van der Waals surface area contributed by atoms with Gasteiger partial charge in [0.05, 0.1) is 12.4 Å². The highest BCUT2D eigenvalue weighted by molar-refractivity contribution is 5.92. The minimum absolute atomic E-state index is 0.511. The lowest BCUT2D eigenvalue weighted by atomic mass is 9.94. The predicted octanol–water partition coefficient (Wildman–Crippen LogP) is 5.08. The summed E-state index contributed by atoms with van der Waals surface area (Å²) in [4.78, 5) is 4.84. The van der Waals surface area contributed by atoms with E-state index in [1.54, 1.807) is 0 Å². The average molecular weight is 319 g/mol. The third-order valence-electron chi connectivity index (χ3n) is 5.11. The number of hydrogen-bond acceptors (Lipinski definition) is 1. The van der Waals surface area contributed by atoms with Crippen molar-refractivity contribution >= 4 is 10.9 Å². The topological polar surface area (TPSA) is 16.8 Å². The van der Waals surface area contributed by atoms with Crippen LogP contribution in [-0.2, 0) is 7.05 Å². The van der Waals surface area contributed by atoms with Gasteiger partial charge in [-0.15, -0.1) is 0 Å². The van der Waals surface area contributed by atoms with Crippen LogP contribution in [0.1, 0.15) is 47.8 Å². The van der Waals surface area contributed by atoms with E-state index in [2.05, 4.69) is 83.5 Å². The minimum atomic E-state index is 0.511. The summed E-state index contributed by atoms with van der Waals surface area (Å²) in [7, 11) is 2.12. The summed E-state index contributed by atoms with van der Waals surface area (Å²) in [6, 6.07) is 11.3. The average Bonchev–Trinajstić information content (AvgIpc) is 2.52. The Hall–Kier alpha value is -2.22. The molecule has 1 aromatic heterocycles. The van der Waals surface area contributed by atoms with Crippen molar-refractivity contribution < 1.29 is 4.57 Å². The van der Waals surface area contributed by atoms with E-state index < -0.39 is 0 Å². The Morgan fingerprint density at radius 1 is 0.958 bits per heavy atom. The predicted molar refractivity (Wildman–Crippen MR) is 101 cm³/mol. The molecule has 0 saturated heterocycles. The molecule has 24 heavy (non-hydrogen) atoms. The van der Waals surface area contributed by atoms with E-state index in [-0.39, 0.29) is 0 Å². The van der Waals surface area contributed by atoms with Crippen LogP contribution in [0.25, 0.3) is 22.2 Å². The van der Waals surface area contributed by atoms with E-state index in [9.17, 15) is 0 Å². The highest BCUT2D eigenvalue weighted by atomic mass is 15.0. The van der Waals surface area contributed by atoms with Crippen molar-refractivity contribution in [3.8, 4) is 11.3 Å². The molecule has 0 saturated carbocycles. The quantitative estimate of drug-likeness (QED) is 0.602. The van der Waals surface area contributed by atoms with Crippen LogP contribution in [0.15, 0.2) is 30.3 Å². The van der Waals surface area contributed by atoms with Gasteiger partial charge in [-0.1, -0.05) is 31.5 Å². The largest absolute Gasteiger partial charge is 0.296 e. The summed E-state index contributed by atoms with van der Waals surface area (Å²) < 4.78 is 2.22. The molecule has 2 heteroatoms. The molecule has 0 fully saturated rings. The fourth-order valence-electron chi connectivity index (χ4n) is 3.40. The number of hydrogen-bond donors (Lipinski definition) is 0. The molecule has 0 aliphatic carbocycles. The van der Waals surface area contributed by atoms with Gasteiger partial charge in [0.15, 0.2) is 5.52 Å². The molecule has 0 amide bonds. The third kappa shape index (κ3) is 2.71. The van der Waals surface area contributed by atoms with Crippen LogP contribution in [0.4, 0.5) is 0 Å². The van der Waals surface area contributed by atoms with E-state index in [0.717, 1.165) is 11.3 Å². The molecule has 0 N–H and O–H groups in total. The smallest absolute Gasteiger partial charge is 0.230 e. The van der Waals surface area contributed by atoms with Gasteiger partial charge in [0.25, 0.3) is 5.82 Å². The second kappa shape index (κ2) is 6.01. The van der Waals surface area contributed by atoms with Crippen LogP contribution in [-0.4, -0.2) is 4.98 Å². The van der Waals surface area contributed by atoms with Crippen LogP contribution in [0.5, 0.6) is 0 Å². The fraction of sp³-hybridized carbons (Fsp3) is 0.364.